The number of ether oxygens (including phenoxy) is 1. The molecular weight excluding hydrogens is 260 g/mol. The number of halogens is 1. The van der Waals surface area contributed by atoms with Crippen molar-refractivity contribution in [2.24, 2.45) is 0 Å². The third-order valence-corrected chi connectivity index (χ3v) is 2.39. The summed E-state index contributed by atoms with van der Waals surface area (Å²) in [7, 11) is 0. The van der Waals surface area contributed by atoms with E-state index in [1.54, 1.807) is 12.1 Å². The summed E-state index contributed by atoms with van der Waals surface area (Å²) < 4.78 is 6.24. The molecule has 0 amide bonds. The fourth-order valence-corrected chi connectivity index (χ4v) is 1.58. The number of rotatable bonds is 5. The lowest BCUT2D eigenvalue weighted by Gasteiger charge is -2.14. The van der Waals surface area contributed by atoms with E-state index in [1.807, 2.05) is 19.1 Å². The average Bonchev–Trinajstić information content (AvgIpc) is 2.17. The Morgan fingerprint density at radius 2 is 2.33 bits per heavy atom. The van der Waals surface area contributed by atoms with Crippen LogP contribution in [0.15, 0.2) is 28.7 Å². The molecule has 0 saturated heterocycles. The van der Waals surface area contributed by atoms with E-state index in [1.165, 1.54) is 0 Å². The number of hydrogen-bond donors (Lipinski definition) is 1. The van der Waals surface area contributed by atoms with Gasteiger partial charge in [-0.25, -0.2) is 4.79 Å². The molecule has 82 valence electrons. The molecule has 15 heavy (non-hydrogen) atoms. The van der Waals surface area contributed by atoms with Crippen LogP contribution in [0.25, 0.3) is 0 Å². The van der Waals surface area contributed by atoms with Gasteiger partial charge in [0.1, 0.15) is 5.75 Å². The first-order valence-electron chi connectivity index (χ1n) is 4.78. The molecule has 0 aliphatic rings. The minimum absolute atomic E-state index is 0.516. The van der Waals surface area contributed by atoms with Gasteiger partial charge in [-0.1, -0.05) is 35.3 Å². The van der Waals surface area contributed by atoms with Crippen molar-refractivity contribution in [2.75, 3.05) is 0 Å². The lowest BCUT2D eigenvalue weighted by atomic mass is 10.2. The minimum Gasteiger partial charge on any atom is -0.479 e. The van der Waals surface area contributed by atoms with Crippen LogP contribution >= 0.6 is 15.9 Å². The van der Waals surface area contributed by atoms with Gasteiger partial charge in [-0.2, -0.15) is 0 Å². The van der Waals surface area contributed by atoms with Crippen LogP contribution in [0.5, 0.6) is 5.75 Å². The summed E-state index contributed by atoms with van der Waals surface area (Å²) in [6.07, 6.45) is 0.539. The van der Waals surface area contributed by atoms with E-state index >= 15 is 0 Å². The number of carboxylic acids is 1. The third-order valence-electron chi connectivity index (χ3n) is 1.90. The maximum absolute atomic E-state index is 10.8. The van der Waals surface area contributed by atoms with Gasteiger partial charge >= 0.3 is 5.97 Å². The second kappa shape index (κ2) is 5.75. The molecule has 1 rings (SSSR count). The molecule has 0 fully saturated rings. The molecule has 0 saturated carbocycles. The number of aliphatic carboxylic acids is 1. The quantitative estimate of drug-likeness (QED) is 0.896. The van der Waals surface area contributed by atoms with Gasteiger partial charge in [0.25, 0.3) is 0 Å². The summed E-state index contributed by atoms with van der Waals surface area (Å²) in [6.45, 7) is 1.93. The molecule has 0 bridgehead atoms. The van der Waals surface area contributed by atoms with Gasteiger partial charge in [0.2, 0.25) is 0 Å². The predicted octanol–water partition coefficient (Wildman–Crippen LogP) is 3.08. The first kappa shape index (κ1) is 12.0. The van der Waals surface area contributed by atoms with Gasteiger partial charge in [-0.15, -0.1) is 0 Å². The zero-order chi connectivity index (χ0) is 11.3. The Labute approximate surface area is 97.2 Å². The molecule has 1 aromatic rings. The summed E-state index contributed by atoms with van der Waals surface area (Å²) in [5, 5.41) is 8.90. The van der Waals surface area contributed by atoms with Crippen molar-refractivity contribution in [1.29, 1.82) is 0 Å². The van der Waals surface area contributed by atoms with Gasteiger partial charge < -0.3 is 9.84 Å². The van der Waals surface area contributed by atoms with Crippen LogP contribution in [0.4, 0.5) is 0 Å². The van der Waals surface area contributed by atoms with E-state index in [9.17, 15) is 4.79 Å². The van der Waals surface area contributed by atoms with Crippen LogP contribution in [0.3, 0.4) is 0 Å². The van der Waals surface area contributed by atoms with E-state index in [0.29, 0.717) is 12.2 Å². The highest BCUT2D eigenvalue weighted by Crippen LogP contribution is 2.19. The predicted molar refractivity (Wildman–Crippen MR) is 61.1 cm³/mol. The van der Waals surface area contributed by atoms with Crippen molar-refractivity contribution >= 4 is 21.9 Å². The third kappa shape index (κ3) is 3.91. The standard InChI is InChI=1S/C11H13BrO3/c1-2-4-10(11(13)14)15-9-6-3-5-8(12)7-9/h3,5-7,10H,2,4H2,1H3,(H,13,14). The molecule has 1 unspecified atom stereocenters. The van der Waals surface area contributed by atoms with Crippen LogP contribution in [0.1, 0.15) is 19.8 Å². The van der Waals surface area contributed by atoms with E-state index in [4.69, 9.17) is 9.84 Å². The van der Waals surface area contributed by atoms with E-state index in [2.05, 4.69) is 15.9 Å². The molecule has 0 spiro atoms. The second-order valence-electron chi connectivity index (χ2n) is 3.19. The molecule has 1 N–H and O–H groups in total. The Balaban J connectivity index is 2.69. The maximum Gasteiger partial charge on any atom is 0.344 e. The van der Waals surface area contributed by atoms with E-state index in [0.717, 1.165) is 10.9 Å². The van der Waals surface area contributed by atoms with Gasteiger partial charge in [0, 0.05) is 4.47 Å². The number of hydrogen-bond acceptors (Lipinski definition) is 2. The van der Waals surface area contributed by atoms with Crippen molar-refractivity contribution in [3.8, 4) is 5.75 Å². The van der Waals surface area contributed by atoms with Crippen molar-refractivity contribution < 1.29 is 14.6 Å². The summed E-state index contributed by atoms with van der Waals surface area (Å²) in [5.74, 6) is -0.345. The van der Waals surface area contributed by atoms with Crippen molar-refractivity contribution in [1.82, 2.24) is 0 Å². The Morgan fingerprint density at radius 1 is 1.60 bits per heavy atom. The van der Waals surface area contributed by atoms with Gasteiger partial charge in [0.05, 0.1) is 0 Å². The molecule has 1 atom stereocenters. The monoisotopic (exact) mass is 272 g/mol. The van der Waals surface area contributed by atoms with Crippen LogP contribution in [-0.2, 0) is 4.79 Å². The SMILES string of the molecule is CCCC(Oc1cccc(Br)c1)C(=O)O. The number of benzene rings is 1. The van der Waals surface area contributed by atoms with Crippen molar-refractivity contribution in [3.63, 3.8) is 0 Å². The van der Waals surface area contributed by atoms with Gasteiger partial charge in [-0.3, -0.25) is 0 Å². The van der Waals surface area contributed by atoms with Gasteiger partial charge in [0.15, 0.2) is 6.10 Å². The summed E-state index contributed by atoms with van der Waals surface area (Å²) in [6, 6.07) is 7.18. The van der Waals surface area contributed by atoms with Gasteiger partial charge in [-0.05, 0) is 24.6 Å². The lowest BCUT2D eigenvalue weighted by molar-refractivity contribution is -0.145. The molecule has 0 heterocycles. The van der Waals surface area contributed by atoms with Crippen LogP contribution in [0.2, 0.25) is 0 Å². The molecule has 4 heteroatoms. The summed E-state index contributed by atoms with van der Waals surface area (Å²) >= 11 is 3.30. The Bertz CT molecular complexity index is 338. The Hall–Kier alpha value is -1.03. The average molecular weight is 273 g/mol. The lowest BCUT2D eigenvalue weighted by Crippen LogP contribution is -2.26. The Kier molecular flexibility index (Phi) is 4.62. The highest BCUT2D eigenvalue weighted by atomic mass is 79.9. The van der Waals surface area contributed by atoms with Crippen LogP contribution < -0.4 is 4.74 Å². The fraction of sp³-hybridized carbons (Fsp3) is 0.364. The molecule has 0 aliphatic carbocycles. The molecular formula is C11H13BrO3. The van der Waals surface area contributed by atoms with Crippen LogP contribution in [0, 0.1) is 0 Å². The minimum atomic E-state index is -0.920. The summed E-state index contributed by atoms with van der Waals surface area (Å²) in [5.41, 5.74) is 0. The highest BCUT2D eigenvalue weighted by Gasteiger charge is 2.17. The number of carbonyl (C=O) groups is 1. The zero-order valence-electron chi connectivity index (χ0n) is 8.44. The first-order chi connectivity index (χ1) is 7.13. The van der Waals surface area contributed by atoms with Crippen molar-refractivity contribution in [3.05, 3.63) is 28.7 Å². The number of carboxylic acid groups (broad SMARTS) is 1. The normalized spacial score (nSPS) is 12.1. The van der Waals surface area contributed by atoms with Crippen molar-refractivity contribution in [2.45, 2.75) is 25.9 Å². The second-order valence-corrected chi connectivity index (χ2v) is 4.11. The highest BCUT2D eigenvalue weighted by molar-refractivity contribution is 9.10. The fourth-order valence-electron chi connectivity index (χ4n) is 1.20. The first-order valence-corrected chi connectivity index (χ1v) is 5.57. The zero-order valence-corrected chi connectivity index (χ0v) is 10.0. The van der Waals surface area contributed by atoms with E-state index in [-0.39, 0.29) is 0 Å². The smallest absolute Gasteiger partial charge is 0.344 e. The molecule has 0 aromatic heterocycles. The maximum atomic E-state index is 10.8. The van der Waals surface area contributed by atoms with E-state index < -0.39 is 12.1 Å². The molecule has 1 aromatic carbocycles. The Morgan fingerprint density at radius 3 is 2.87 bits per heavy atom. The largest absolute Gasteiger partial charge is 0.479 e. The summed E-state index contributed by atoms with van der Waals surface area (Å²) in [4.78, 5) is 10.8. The molecule has 0 radical (unpaired) electrons. The van der Waals surface area contributed by atoms with Crippen LogP contribution in [-0.4, -0.2) is 17.2 Å². The topological polar surface area (TPSA) is 46.5 Å². The molecule has 0 aliphatic heterocycles. The molecule has 3 nitrogen and oxygen atoms in total.